The minimum absolute atomic E-state index is 0.446. The third-order valence-electron chi connectivity index (χ3n) is 2.79. The van der Waals surface area contributed by atoms with Crippen molar-refractivity contribution in [2.24, 2.45) is 10.8 Å². The predicted molar refractivity (Wildman–Crippen MR) is 69.8 cm³/mol. The Balaban J connectivity index is 2.20. The van der Waals surface area contributed by atoms with Crippen molar-refractivity contribution in [2.75, 3.05) is 39.9 Å². The van der Waals surface area contributed by atoms with Crippen molar-refractivity contribution < 1.29 is 4.74 Å². The molecule has 0 aromatic heterocycles. The number of hydrogen-bond donors (Lipinski definition) is 3. The number of likely N-dealkylation sites (N-methyl/N-ethyl adjacent to an activating group) is 1. The van der Waals surface area contributed by atoms with Gasteiger partial charge in [0.05, 0.1) is 0 Å². The topological polar surface area (TPSA) is 74.9 Å². The first-order valence-corrected chi connectivity index (χ1v) is 6.30. The molecule has 1 rings (SSSR count). The highest BCUT2D eigenvalue weighted by Crippen LogP contribution is 2.05. The highest BCUT2D eigenvalue weighted by molar-refractivity contribution is 5.79. The van der Waals surface area contributed by atoms with E-state index in [2.05, 4.69) is 27.7 Å². The molecule has 0 aromatic carbocycles. The summed E-state index contributed by atoms with van der Waals surface area (Å²) >= 11 is 0. The molecule has 4 N–H and O–H groups in total. The van der Waals surface area contributed by atoms with E-state index in [0.717, 1.165) is 45.7 Å². The van der Waals surface area contributed by atoms with Gasteiger partial charge in [0.15, 0.2) is 0 Å². The lowest BCUT2D eigenvalue weighted by Gasteiger charge is -2.15. The van der Waals surface area contributed by atoms with E-state index in [-0.39, 0.29) is 0 Å². The quantitative estimate of drug-likeness (QED) is 0.193. The van der Waals surface area contributed by atoms with Crippen LogP contribution in [-0.4, -0.2) is 56.8 Å². The first-order chi connectivity index (χ1) is 8.26. The van der Waals surface area contributed by atoms with Gasteiger partial charge in [0.2, 0.25) is 5.96 Å². The molecule has 6 heteroatoms. The van der Waals surface area contributed by atoms with Crippen LogP contribution in [-0.2, 0) is 4.74 Å². The molecule has 1 aliphatic rings. The molecule has 1 unspecified atom stereocenters. The van der Waals surface area contributed by atoms with Gasteiger partial charge in [-0.25, -0.2) is 5.84 Å². The summed E-state index contributed by atoms with van der Waals surface area (Å²) in [7, 11) is 2.12. The molecule has 1 fully saturated rings. The molecule has 1 atom stereocenters. The average molecular weight is 243 g/mol. The van der Waals surface area contributed by atoms with Crippen molar-refractivity contribution >= 4 is 5.96 Å². The van der Waals surface area contributed by atoms with Crippen LogP contribution in [0.25, 0.3) is 0 Å². The fraction of sp³-hybridized carbons (Fsp3) is 0.909. The smallest absolute Gasteiger partial charge is 0.205 e. The van der Waals surface area contributed by atoms with Crippen LogP contribution in [0.2, 0.25) is 0 Å². The maximum Gasteiger partial charge on any atom is 0.205 e. The van der Waals surface area contributed by atoms with E-state index in [0.29, 0.717) is 12.0 Å². The monoisotopic (exact) mass is 243 g/mol. The highest BCUT2D eigenvalue weighted by atomic mass is 16.5. The van der Waals surface area contributed by atoms with E-state index < -0.39 is 0 Å². The zero-order valence-corrected chi connectivity index (χ0v) is 10.9. The fourth-order valence-electron chi connectivity index (χ4n) is 1.88. The lowest BCUT2D eigenvalue weighted by Crippen LogP contribution is -2.47. The molecular formula is C11H25N5O. The molecule has 6 nitrogen and oxygen atoms in total. The van der Waals surface area contributed by atoms with E-state index in [1.165, 1.54) is 0 Å². The lowest BCUT2D eigenvalue weighted by molar-refractivity contribution is 0.146. The van der Waals surface area contributed by atoms with Gasteiger partial charge in [-0.3, -0.25) is 10.4 Å². The summed E-state index contributed by atoms with van der Waals surface area (Å²) in [6.07, 6.45) is 2.06. The first kappa shape index (κ1) is 14.2. The minimum atomic E-state index is 0.446. The summed E-state index contributed by atoms with van der Waals surface area (Å²) in [5.74, 6) is 6.12. The van der Waals surface area contributed by atoms with Gasteiger partial charge in [-0.2, -0.15) is 0 Å². The third kappa shape index (κ3) is 5.86. The van der Waals surface area contributed by atoms with Crippen molar-refractivity contribution in [3.8, 4) is 0 Å². The molecular weight excluding hydrogens is 218 g/mol. The van der Waals surface area contributed by atoms with Gasteiger partial charge in [-0.15, -0.1) is 0 Å². The minimum Gasteiger partial charge on any atom is -0.382 e. The molecule has 1 heterocycles. The summed E-state index contributed by atoms with van der Waals surface area (Å²) in [5, 5.41) is 3.32. The van der Waals surface area contributed by atoms with Gasteiger partial charge in [-0.1, -0.05) is 0 Å². The van der Waals surface area contributed by atoms with E-state index >= 15 is 0 Å². The Morgan fingerprint density at radius 1 is 1.59 bits per heavy atom. The number of hydrazine groups is 1. The Bertz CT molecular complexity index is 234. The van der Waals surface area contributed by atoms with E-state index in [4.69, 9.17) is 10.6 Å². The van der Waals surface area contributed by atoms with Crippen LogP contribution in [0, 0.1) is 0 Å². The van der Waals surface area contributed by atoms with Crippen LogP contribution < -0.4 is 16.6 Å². The second-order valence-electron chi connectivity index (χ2n) is 4.32. The van der Waals surface area contributed by atoms with Gasteiger partial charge < -0.3 is 15.0 Å². The molecule has 100 valence electrons. The van der Waals surface area contributed by atoms with Crippen LogP contribution in [0.15, 0.2) is 4.99 Å². The molecule has 0 amide bonds. The SMILES string of the molecule is CCOCCCN=C(NN)NC1CCN(C)C1. The van der Waals surface area contributed by atoms with Crippen LogP contribution in [0.3, 0.4) is 0 Å². The van der Waals surface area contributed by atoms with Crippen molar-refractivity contribution in [1.29, 1.82) is 0 Å². The summed E-state index contributed by atoms with van der Waals surface area (Å²) in [4.78, 5) is 6.67. The van der Waals surface area contributed by atoms with Crippen molar-refractivity contribution in [2.45, 2.75) is 25.8 Å². The normalized spacial score (nSPS) is 21.8. The number of guanidine groups is 1. The van der Waals surface area contributed by atoms with Crippen LogP contribution in [0.5, 0.6) is 0 Å². The Kier molecular flexibility index (Phi) is 6.91. The molecule has 0 saturated carbocycles. The Morgan fingerprint density at radius 3 is 3.00 bits per heavy atom. The fourth-order valence-corrected chi connectivity index (χ4v) is 1.88. The number of nitrogens with two attached hydrogens (primary N) is 1. The zero-order valence-electron chi connectivity index (χ0n) is 10.9. The number of ether oxygens (including phenoxy) is 1. The first-order valence-electron chi connectivity index (χ1n) is 6.30. The second kappa shape index (κ2) is 8.27. The van der Waals surface area contributed by atoms with Gasteiger partial charge in [0.1, 0.15) is 0 Å². The number of nitrogens with zero attached hydrogens (tertiary/aromatic N) is 2. The number of hydrogen-bond acceptors (Lipinski definition) is 4. The van der Waals surface area contributed by atoms with Gasteiger partial charge in [0, 0.05) is 32.3 Å². The number of likely N-dealkylation sites (tertiary alicyclic amines) is 1. The van der Waals surface area contributed by atoms with Crippen molar-refractivity contribution in [1.82, 2.24) is 15.6 Å². The molecule has 0 aromatic rings. The summed E-state index contributed by atoms with van der Waals surface area (Å²) in [6.45, 7) is 6.41. The molecule has 0 spiro atoms. The number of nitrogens with one attached hydrogen (secondary N) is 2. The third-order valence-corrected chi connectivity index (χ3v) is 2.79. The lowest BCUT2D eigenvalue weighted by atomic mass is 10.3. The van der Waals surface area contributed by atoms with Crippen molar-refractivity contribution in [3.63, 3.8) is 0 Å². The van der Waals surface area contributed by atoms with E-state index in [1.807, 2.05) is 6.92 Å². The Labute approximate surface area is 104 Å². The van der Waals surface area contributed by atoms with Gasteiger partial charge >= 0.3 is 0 Å². The molecule has 1 aliphatic heterocycles. The summed E-state index contributed by atoms with van der Waals surface area (Å²) in [6, 6.07) is 0.446. The second-order valence-corrected chi connectivity index (χ2v) is 4.32. The number of aliphatic imine (C=N–C) groups is 1. The van der Waals surface area contributed by atoms with E-state index in [1.54, 1.807) is 0 Å². The maximum absolute atomic E-state index is 5.44. The number of rotatable bonds is 6. The average Bonchev–Trinajstić information content (AvgIpc) is 2.73. The summed E-state index contributed by atoms with van der Waals surface area (Å²) < 4.78 is 5.25. The predicted octanol–water partition coefficient (Wildman–Crippen LogP) is -0.474. The van der Waals surface area contributed by atoms with Crippen molar-refractivity contribution in [3.05, 3.63) is 0 Å². The molecule has 0 radical (unpaired) electrons. The van der Waals surface area contributed by atoms with Crippen LogP contribution in [0.4, 0.5) is 0 Å². The van der Waals surface area contributed by atoms with Crippen LogP contribution >= 0.6 is 0 Å². The maximum atomic E-state index is 5.44. The van der Waals surface area contributed by atoms with Gasteiger partial charge in [-0.05, 0) is 33.4 Å². The molecule has 0 aliphatic carbocycles. The summed E-state index contributed by atoms with van der Waals surface area (Å²) in [5.41, 5.74) is 2.61. The van der Waals surface area contributed by atoms with E-state index in [9.17, 15) is 0 Å². The standard InChI is InChI=1S/C11H25N5O/c1-3-17-8-4-6-13-11(15-12)14-10-5-7-16(2)9-10/h10H,3-9,12H2,1-2H3,(H2,13,14,15). The largest absolute Gasteiger partial charge is 0.382 e. The molecule has 1 saturated heterocycles. The zero-order chi connectivity index (χ0) is 12.5. The Morgan fingerprint density at radius 2 is 2.41 bits per heavy atom. The highest BCUT2D eigenvalue weighted by Gasteiger charge is 2.19. The van der Waals surface area contributed by atoms with Gasteiger partial charge in [0.25, 0.3) is 0 Å². The molecule has 17 heavy (non-hydrogen) atoms. The Hall–Kier alpha value is -0.850. The molecule has 0 bridgehead atoms. The van der Waals surface area contributed by atoms with Crippen LogP contribution in [0.1, 0.15) is 19.8 Å².